The van der Waals surface area contributed by atoms with Gasteiger partial charge in [0.25, 0.3) is 0 Å². The highest BCUT2D eigenvalue weighted by atomic mass is 15.1. The van der Waals surface area contributed by atoms with Crippen molar-refractivity contribution in [1.82, 2.24) is 10.6 Å². The first-order chi connectivity index (χ1) is 7.42. The van der Waals surface area contributed by atoms with Gasteiger partial charge in [0.15, 0.2) is 0 Å². The van der Waals surface area contributed by atoms with Gasteiger partial charge in [-0.2, -0.15) is 0 Å². The molecule has 1 aliphatic heterocycles. The molecule has 15 heavy (non-hydrogen) atoms. The molecule has 1 aromatic carbocycles. The van der Waals surface area contributed by atoms with Crippen LogP contribution in [0.2, 0.25) is 0 Å². The summed E-state index contributed by atoms with van der Waals surface area (Å²) in [5.41, 5.74) is 8.40. The molecular weight excluding hydrogens is 186 g/mol. The predicted molar refractivity (Wildman–Crippen MR) is 62.8 cm³/mol. The van der Waals surface area contributed by atoms with E-state index in [0.717, 1.165) is 32.6 Å². The molecule has 1 saturated heterocycles. The van der Waals surface area contributed by atoms with Crippen LogP contribution in [0.1, 0.15) is 17.2 Å². The fourth-order valence-corrected chi connectivity index (χ4v) is 2.13. The summed E-state index contributed by atoms with van der Waals surface area (Å²) < 4.78 is 0. The molecule has 3 nitrogen and oxygen atoms in total. The van der Waals surface area contributed by atoms with Crippen LogP contribution in [0.5, 0.6) is 0 Å². The average molecular weight is 205 g/mol. The Labute approximate surface area is 91.1 Å². The lowest BCUT2D eigenvalue weighted by Crippen LogP contribution is -2.43. The van der Waals surface area contributed by atoms with Crippen molar-refractivity contribution in [2.75, 3.05) is 26.2 Å². The molecule has 1 aromatic rings. The zero-order valence-electron chi connectivity index (χ0n) is 9.00. The highest BCUT2D eigenvalue weighted by Gasteiger charge is 2.16. The van der Waals surface area contributed by atoms with Crippen LogP contribution in [0.25, 0.3) is 0 Å². The number of rotatable bonds is 3. The lowest BCUT2D eigenvalue weighted by atomic mass is 9.97. The maximum atomic E-state index is 5.62. The molecule has 1 fully saturated rings. The van der Waals surface area contributed by atoms with E-state index in [2.05, 4.69) is 34.9 Å². The van der Waals surface area contributed by atoms with Gasteiger partial charge in [0.2, 0.25) is 0 Å². The number of piperazine rings is 1. The van der Waals surface area contributed by atoms with E-state index in [1.54, 1.807) is 0 Å². The Kier molecular flexibility index (Phi) is 3.72. The van der Waals surface area contributed by atoms with E-state index in [0.29, 0.717) is 6.04 Å². The maximum absolute atomic E-state index is 5.62. The minimum atomic E-state index is 0.446. The Morgan fingerprint density at radius 2 is 2.13 bits per heavy atom. The Hall–Kier alpha value is -0.900. The molecule has 0 amide bonds. The van der Waals surface area contributed by atoms with Crippen molar-refractivity contribution in [1.29, 1.82) is 0 Å². The van der Waals surface area contributed by atoms with Gasteiger partial charge in [0, 0.05) is 25.7 Å². The van der Waals surface area contributed by atoms with Gasteiger partial charge < -0.3 is 16.4 Å². The van der Waals surface area contributed by atoms with Gasteiger partial charge in [0.05, 0.1) is 0 Å². The smallest absolute Gasteiger partial charge is 0.0449 e. The number of hydrogen-bond donors (Lipinski definition) is 3. The van der Waals surface area contributed by atoms with Crippen LogP contribution in [-0.4, -0.2) is 26.2 Å². The third kappa shape index (κ3) is 2.56. The van der Waals surface area contributed by atoms with E-state index in [1.807, 2.05) is 0 Å². The van der Waals surface area contributed by atoms with Gasteiger partial charge in [-0.05, 0) is 24.1 Å². The Morgan fingerprint density at radius 3 is 2.87 bits per heavy atom. The summed E-state index contributed by atoms with van der Waals surface area (Å²) in [5.74, 6) is 0. The van der Waals surface area contributed by atoms with Crippen molar-refractivity contribution in [3.05, 3.63) is 35.4 Å². The van der Waals surface area contributed by atoms with Crippen LogP contribution in [0.4, 0.5) is 0 Å². The van der Waals surface area contributed by atoms with Crippen molar-refractivity contribution >= 4 is 0 Å². The normalized spacial score (nSPS) is 21.5. The number of benzene rings is 1. The van der Waals surface area contributed by atoms with E-state index in [-0.39, 0.29) is 0 Å². The topological polar surface area (TPSA) is 50.1 Å². The molecule has 0 radical (unpaired) electrons. The largest absolute Gasteiger partial charge is 0.330 e. The van der Waals surface area contributed by atoms with E-state index in [9.17, 15) is 0 Å². The number of nitrogens with two attached hydrogens (primary N) is 1. The van der Waals surface area contributed by atoms with Gasteiger partial charge in [-0.25, -0.2) is 0 Å². The van der Waals surface area contributed by atoms with Gasteiger partial charge in [-0.15, -0.1) is 0 Å². The molecule has 1 atom stereocenters. The summed E-state index contributed by atoms with van der Waals surface area (Å²) in [6.45, 7) is 3.84. The fourth-order valence-electron chi connectivity index (χ4n) is 2.13. The van der Waals surface area contributed by atoms with Crippen LogP contribution >= 0.6 is 0 Å². The van der Waals surface area contributed by atoms with E-state index in [4.69, 9.17) is 5.73 Å². The summed E-state index contributed by atoms with van der Waals surface area (Å²) in [4.78, 5) is 0. The summed E-state index contributed by atoms with van der Waals surface area (Å²) in [7, 11) is 0. The minimum Gasteiger partial charge on any atom is -0.330 e. The summed E-state index contributed by atoms with van der Waals surface area (Å²) >= 11 is 0. The Balaban J connectivity index is 2.17. The van der Waals surface area contributed by atoms with Crippen LogP contribution < -0.4 is 16.4 Å². The second-order valence-electron chi connectivity index (χ2n) is 3.95. The van der Waals surface area contributed by atoms with E-state index >= 15 is 0 Å². The number of nitrogens with one attached hydrogen (secondary N) is 2. The zero-order chi connectivity index (χ0) is 10.5. The fraction of sp³-hybridized carbons (Fsp3) is 0.500. The summed E-state index contributed by atoms with van der Waals surface area (Å²) in [5, 5.41) is 6.94. The molecule has 2 rings (SSSR count). The third-order valence-electron chi connectivity index (χ3n) is 2.89. The second-order valence-corrected chi connectivity index (χ2v) is 3.95. The highest BCUT2D eigenvalue weighted by Crippen LogP contribution is 2.18. The quantitative estimate of drug-likeness (QED) is 0.670. The van der Waals surface area contributed by atoms with Crippen molar-refractivity contribution in [3.63, 3.8) is 0 Å². The molecule has 1 unspecified atom stereocenters. The SMILES string of the molecule is NCCc1ccccc1C1CNCCN1. The summed E-state index contributed by atoms with van der Waals surface area (Å²) in [6, 6.07) is 9.02. The standard InChI is InChI=1S/C12H19N3/c13-6-5-10-3-1-2-4-11(10)12-9-14-7-8-15-12/h1-4,12,14-15H,5-9,13H2. The van der Waals surface area contributed by atoms with Crippen LogP contribution in [0.15, 0.2) is 24.3 Å². The first kappa shape index (κ1) is 10.6. The Bertz CT molecular complexity index is 305. The van der Waals surface area contributed by atoms with Crippen LogP contribution in [-0.2, 0) is 6.42 Å². The van der Waals surface area contributed by atoms with Crippen LogP contribution in [0, 0.1) is 0 Å². The van der Waals surface area contributed by atoms with Gasteiger partial charge >= 0.3 is 0 Å². The lowest BCUT2D eigenvalue weighted by molar-refractivity contribution is 0.428. The van der Waals surface area contributed by atoms with Crippen LogP contribution in [0.3, 0.4) is 0 Å². The molecule has 1 heterocycles. The molecule has 0 aliphatic carbocycles. The molecule has 0 spiro atoms. The molecule has 82 valence electrons. The molecule has 0 aromatic heterocycles. The first-order valence-electron chi connectivity index (χ1n) is 5.64. The molecule has 0 saturated carbocycles. The first-order valence-corrected chi connectivity index (χ1v) is 5.64. The average Bonchev–Trinajstić information content (AvgIpc) is 2.31. The van der Waals surface area contributed by atoms with Crippen molar-refractivity contribution in [2.24, 2.45) is 5.73 Å². The molecular formula is C12H19N3. The molecule has 1 aliphatic rings. The molecule has 3 heteroatoms. The van der Waals surface area contributed by atoms with Crippen molar-refractivity contribution < 1.29 is 0 Å². The number of hydrogen-bond acceptors (Lipinski definition) is 3. The van der Waals surface area contributed by atoms with Gasteiger partial charge in [-0.1, -0.05) is 24.3 Å². The minimum absolute atomic E-state index is 0.446. The molecule has 0 bridgehead atoms. The molecule has 4 N–H and O–H groups in total. The predicted octanol–water partition coefficient (Wildman–Crippen LogP) is 0.422. The van der Waals surface area contributed by atoms with Gasteiger partial charge in [0.1, 0.15) is 0 Å². The van der Waals surface area contributed by atoms with Gasteiger partial charge in [-0.3, -0.25) is 0 Å². The highest BCUT2D eigenvalue weighted by molar-refractivity contribution is 5.31. The van der Waals surface area contributed by atoms with Crippen molar-refractivity contribution in [2.45, 2.75) is 12.5 Å². The monoisotopic (exact) mass is 205 g/mol. The third-order valence-corrected chi connectivity index (χ3v) is 2.89. The zero-order valence-corrected chi connectivity index (χ0v) is 9.00. The van der Waals surface area contributed by atoms with E-state index in [1.165, 1.54) is 11.1 Å². The second kappa shape index (κ2) is 5.26. The summed E-state index contributed by atoms with van der Waals surface area (Å²) in [6.07, 6.45) is 0.967. The van der Waals surface area contributed by atoms with Crippen molar-refractivity contribution in [3.8, 4) is 0 Å². The maximum Gasteiger partial charge on any atom is 0.0449 e. The lowest BCUT2D eigenvalue weighted by Gasteiger charge is -2.26. The van der Waals surface area contributed by atoms with E-state index < -0.39 is 0 Å². The Morgan fingerprint density at radius 1 is 1.27 bits per heavy atom.